The van der Waals surface area contributed by atoms with Crippen LogP contribution in [0, 0.1) is 0 Å². The number of imide groups is 1. The van der Waals surface area contributed by atoms with Crippen molar-refractivity contribution in [1.29, 1.82) is 0 Å². The van der Waals surface area contributed by atoms with Crippen molar-refractivity contribution in [3.05, 3.63) is 34.9 Å². The first-order valence-electron chi connectivity index (χ1n) is 8.68. The third kappa shape index (κ3) is 3.88. The van der Waals surface area contributed by atoms with Crippen molar-refractivity contribution >= 4 is 17.7 Å². The highest BCUT2D eigenvalue weighted by Crippen LogP contribution is 2.28. The van der Waals surface area contributed by atoms with Gasteiger partial charge in [0.2, 0.25) is 11.8 Å². The molecule has 4 N–H and O–H groups in total. The minimum atomic E-state index is -0.565. The van der Waals surface area contributed by atoms with Crippen LogP contribution in [-0.4, -0.2) is 41.2 Å². The number of rotatable bonds is 6. The molecule has 0 radical (unpaired) electrons. The predicted molar refractivity (Wildman–Crippen MR) is 92.5 cm³/mol. The lowest BCUT2D eigenvalue weighted by Crippen LogP contribution is -2.52. The Morgan fingerprint density at radius 3 is 2.88 bits per heavy atom. The number of piperidine rings is 1. The number of nitrogens with two attached hydrogens (primary N) is 1. The molecule has 7 nitrogen and oxygen atoms in total. The number of fused-ring (bicyclic) bond motifs is 1. The van der Waals surface area contributed by atoms with Crippen molar-refractivity contribution < 1.29 is 14.4 Å². The maximum Gasteiger partial charge on any atom is 0.255 e. The highest BCUT2D eigenvalue weighted by Gasteiger charge is 2.38. The van der Waals surface area contributed by atoms with E-state index in [-0.39, 0.29) is 30.2 Å². The Labute approximate surface area is 146 Å². The first-order chi connectivity index (χ1) is 12.0. The fourth-order valence-corrected chi connectivity index (χ4v) is 3.27. The van der Waals surface area contributed by atoms with Crippen LogP contribution >= 0.6 is 0 Å². The molecule has 2 heterocycles. The Bertz CT molecular complexity index is 702. The number of nitrogens with zero attached hydrogens (tertiary/aromatic N) is 1. The van der Waals surface area contributed by atoms with Crippen molar-refractivity contribution in [3.63, 3.8) is 0 Å². The quantitative estimate of drug-likeness (QED) is 0.508. The van der Waals surface area contributed by atoms with E-state index in [0.717, 1.165) is 24.1 Å². The molecule has 3 amide bonds. The van der Waals surface area contributed by atoms with E-state index in [9.17, 15) is 14.4 Å². The molecule has 134 valence electrons. The summed E-state index contributed by atoms with van der Waals surface area (Å²) >= 11 is 0. The number of hydrogen-bond donors (Lipinski definition) is 3. The van der Waals surface area contributed by atoms with Gasteiger partial charge in [0.05, 0.1) is 0 Å². The summed E-state index contributed by atoms with van der Waals surface area (Å²) in [6.07, 6.45) is 1.55. The summed E-state index contributed by atoms with van der Waals surface area (Å²) < 4.78 is 0. The Balaban J connectivity index is 1.65. The van der Waals surface area contributed by atoms with E-state index in [2.05, 4.69) is 10.6 Å². The summed E-state index contributed by atoms with van der Waals surface area (Å²) in [5.74, 6) is -0.789. The van der Waals surface area contributed by atoms with Gasteiger partial charge in [-0.2, -0.15) is 0 Å². The maximum atomic E-state index is 12.7. The van der Waals surface area contributed by atoms with Crippen LogP contribution in [0.25, 0.3) is 0 Å². The molecule has 7 heteroatoms. The molecule has 0 aromatic heterocycles. The van der Waals surface area contributed by atoms with E-state index >= 15 is 0 Å². The Hall–Kier alpha value is -2.25. The fourth-order valence-electron chi connectivity index (χ4n) is 3.27. The Kier molecular flexibility index (Phi) is 5.15. The summed E-state index contributed by atoms with van der Waals surface area (Å²) in [4.78, 5) is 37.6. The standard InChI is InChI=1S/C18H24N4O3/c1-11(19)6-7-20-9-12-2-3-13-10-22(18(25)14(13)8-12)15-4-5-16(23)21-17(15)24/h2-3,8,11,15,20H,4-7,9-10,19H2,1H3,(H,21,23,24). The monoisotopic (exact) mass is 344 g/mol. The molecule has 1 fully saturated rings. The van der Waals surface area contributed by atoms with E-state index in [0.29, 0.717) is 25.1 Å². The van der Waals surface area contributed by atoms with E-state index in [1.807, 2.05) is 25.1 Å². The summed E-state index contributed by atoms with van der Waals surface area (Å²) in [6, 6.07) is 5.43. The van der Waals surface area contributed by atoms with Gasteiger partial charge in [0.25, 0.3) is 5.91 Å². The molecule has 0 bridgehead atoms. The van der Waals surface area contributed by atoms with Crippen molar-refractivity contribution in [3.8, 4) is 0 Å². The molecule has 2 aliphatic heterocycles. The molecule has 0 saturated carbocycles. The van der Waals surface area contributed by atoms with Gasteiger partial charge in [-0.15, -0.1) is 0 Å². The van der Waals surface area contributed by atoms with E-state index < -0.39 is 6.04 Å². The van der Waals surface area contributed by atoms with Crippen LogP contribution < -0.4 is 16.4 Å². The van der Waals surface area contributed by atoms with Crippen LogP contribution in [0.4, 0.5) is 0 Å². The van der Waals surface area contributed by atoms with E-state index in [4.69, 9.17) is 5.73 Å². The third-order valence-electron chi connectivity index (χ3n) is 4.70. The lowest BCUT2D eigenvalue weighted by Gasteiger charge is -2.29. The number of carbonyl (C=O) groups is 3. The number of benzene rings is 1. The van der Waals surface area contributed by atoms with Gasteiger partial charge in [0.1, 0.15) is 6.04 Å². The van der Waals surface area contributed by atoms with Gasteiger partial charge in [0, 0.05) is 31.1 Å². The largest absolute Gasteiger partial charge is 0.328 e. The molecular formula is C18H24N4O3. The second kappa shape index (κ2) is 7.33. The Morgan fingerprint density at radius 1 is 1.36 bits per heavy atom. The van der Waals surface area contributed by atoms with E-state index in [1.54, 1.807) is 4.90 Å². The number of amides is 3. The lowest BCUT2D eigenvalue weighted by molar-refractivity contribution is -0.136. The first kappa shape index (κ1) is 17.6. The van der Waals surface area contributed by atoms with Crippen LogP contribution in [0.2, 0.25) is 0 Å². The van der Waals surface area contributed by atoms with Gasteiger partial charge in [-0.3, -0.25) is 19.7 Å². The van der Waals surface area contributed by atoms with E-state index in [1.165, 1.54) is 0 Å². The molecule has 0 spiro atoms. The molecule has 1 aromatic rings. The van der Waals surface area contributed by atoms with Crippen LogP contribution in [0.5, 0.6) is 0 Å². The summed E-state index contributed by atoms with van der Waals surface area (Å²) in [7, 11) is 0. The fraction of sp³-hybridized carbons (Fsp3) is 0.500. The molecule has 0 aliphatic carbocycles. The average Bonchev–Trinajstić information content (AvgIpc) is 2.88. The van der Waals surface area contributed by atoms with Crippen molar-refractivity contribution in [1.82, 2.24) is 15.5 Å². The first-order valence-corrected chi connectivity index (χ1v) is 8.68. The summed E-state index contributed by atoms with van der Waals surface area (Å²) in [5.41, 5.74) is 8.33. The van der Waals surface area contributed by atoms with Crippen molar-refractivity contribution in [2.75, 3.05) is 6.54 Å². The van der Waals surface area contributed by atoms with Gasteiger partial charge < -0.3 is 16.0 Å². The molecule has 25 heavy (non-hydrogen) atoms. The molecule has 2 aliphatic rings. The smallest absolute Gasteiger partial charge is 0.255 e. The SMILES string of the molecule is CC(N)CCNCc1ccc2c(c1)C(=O)N(C1CCC(=O)NC1=O)C2. The zero-order chi connectivity index (χ0) is 18.0. The summed E-state index contributed by atoms with van der Waals surface area (Å²) in [5, 5.41) is 5.64. The number of nitrogens with one attached hydrogen (secondary N) is 2. The zero-order valence-corrected chi connectivity index (χ0v) is 14.4. The van der Waals surface area contributed by atoms with Crippen LogP contribution in [0.3, 0.4) is 0 Å². The number of hydrogen-bond acceptors (Lipinski definition) is 5. The van der Waals surface area contributed by atoms with Crippen molar-refractivity contribution in [2.45, 2.75) is 51.4 Å². The summed E-state index contributed by atoms with van der Waals surface area (Å²) in [6.45, 7) is 3.88. The molecular weight excluding hydrogens is 320 g/mol. The number of carbonyl (C=O) groups excluding carboxylic acids is 3. The van der Waals surface area contributed by atoms with Gasteiger partial charge >= 0.3 is 0 Å². The lowest BCUT2D eigenvalue weighted by atomic mass is 10.0. The highest BCUT2D eigenvalue weighted by atomic mass is 16.2. The normalized spacial score (nSPS) is 21.3. The molecule has 1 aromatic carbocycles. The zero-order valence-electron chi connectivity index (χ0n) is 14.4. The molecule has 1 saturated heterocycles. The van der Waals surface area contributed by atoms with Crippen molar-refractivity contribution in [2.24, 2.45) is 5.73 Å². The van der Waals surface area contributed by atoms with Gasteiger partial charge in [-0.05, 0) is 43.5 Å². The van der Waals surface area contributed by atoms with Gasteiger partial charge in [0.15, 0.2) is 0 Å². The van der Waals surface area contributed by atoms with Crippen LogP contribution in [-0.2, 0) is 22.7 Å². The Morgan fingerprint density at radius 2 is 2.16 bits per heavy atom. The second-order valence-electron chi connectivity index (χ2n) is 6.83. The minimum absolute atomic E-state index is 0.137. The van der Waals surface area contributed by atoms with Crippen LogP contribution in [0.1, 0.15) is 47.7 Å². The van der Waals surface area contributed by atoms with Crippen LogP contribution in [0.15, 0.2) is 18.2 Å². The molecule has 2 unspecified atom stereocenters. The maximum absolute atomic E-state index is 12.7. The van der Waals surface area contributed by atoms with Gasteiger partial charge in [-0.1, -0.05) is 12.1 Å². The predicted octanol–water partition coefficient (Wildman–Crippen LogP) is 0.275. The topological polar surface area (TPSA) is 105 Å². The molecule has 3 rings (SSSR count). The van der Waals surface area contributed by atoms with Gasteiger partial charge in [-0.25, -0.2) is 0 Å². The molecule has 2 atom stereocenters. The minimum Gasteiger partial charge on any atom is -0.328 e. The second-order valence-corrected chi connectivity index (χ2v) is 6.83. The highest BCUT2D eigenvalue weighted by molar-refractivity contribution is 6.05. The third-order valence-corrected chi connectivity index (χ3v) is 4.70. The average molecular weight is 344 g/mol.